The first-order chi connectivity index (χ1) is 11.5. The maximum atomic E-state index is 12.2. The molecule has 1 aromatic heterocycles. The minimum atomic E-state index is -0.857. The maximum Gasteiger partial charge on any atom is 0.348 e. The quantitative estimate of drug-likeness (QED) is 0.656. The summed E-state index contributed by atoms with van der Waals surface area (Å²) in [5.74, 6) is -0.666. The van der Waals surface area contributed by atoms with E-state index in [9.17, 15) is 14.9 Å². The summed E-state index contributed by atoms with van der Waals surface area (Å²) >= 11 is 1.48. The van der Waals surface area contributed by atoms with E-state index < -0.39 is 17.4 Å². The number of rotatable bonds is 5. The van der Waals surface area contributed by atoms with Crippen molar-refractivity contribution in [3.8, 4) is 6.07 Å². The number of esters is 1. The summed E-state index contributed by atoms with van der Waals surface area (Å²) in [4.78, 5) is 26.0. The minimum absolute atomic E-state index is 0.204. The van der Waals surface area contributed by atoms with Gasteiger partial charge in [0.15, 0.2) is 6.61 Å². The standard InChI is InChI=1S/C18H22N2O3S/c1-18(11-19,13-7-8-13)20-16(21)10-23-17(22)15-9-12-5-3-2-4-6-14(12)24-15/h9,13H,2-8,10H2,1H3,(H,20,21)/t18-/m0/s1. The van der Waals surface area contributed by atoms with Crippen LogP contribution < -0.4 is 5.32 Å². The molecule has 6 heteroatoms. The van der Waals surface area contributed by atoms with Crippen LogP contribution in [-0.4, -0.2) is 24.0 Å². The average molecular weight is 346 g/mol. The summed E-state index contributed by atoms with van der Waals surface area (Å²) in [6.45, 7) is 1.38. The maximum absolute atomic E-state index is 12.2. The SMILES string of the molecule is C[C@@](C#N)(NC(=O)COC(=O)c1cc2c(s1)CCCCC2)C1CC1. The molecule has 1 aromatic rings. The lowest BCUT2D eigenvalue weighted by molar-refractivity contribution is -0.125. The second kappa shape index (κ2) is 6.94. The molecule has 1 amide bonds. The Bertz CT molecular complexity index is 663. The van der Waals surface area contributed by atoms with E-state index in [1.807, 2.05) is 6.07 Å². The first kappa shape index (κ1) is 17.0. The third-order valence-electron chi connectivity index (χ3n) is 4.81. The Kier molecular flexibility index (Phi) is 4.91. The molecule has 2 aliphatic carbocycles. The van der Waals surface area contributed by atoms with E-state index in [4.69, 9.17) is 4.74 Å². The Morgan fingerprint density at radius 2 is 2.12 bits per heavy atom. The molecule has 1 N–H and O–H groups in total. The van der Waals surface area contributed by atoms with Crippen molar-refractivity contribution in [2.75, 3.05) is 6.61 Å². The highest BCUT2D eigenvalue weighted by Gasteiger charge is 2.43. The second-order valence-electron chi connectivity index (χ2n) is 6.83. The Labute approximate surface area is 146 Å². The zero-order chi connectivity index (χ0) is 17.2. The lowest BCUT2D eigenvalue weighted by Gasteiger charge is -2.22. The van der Waals surface area contributed by atoms with Gasteiger partial charge in [0.1, 0.15) is 10.4 Å². The molecular weight excluding hydrogens is 324 g/mol. The number of ether oxygens (including phenoxy) is 1. The molecule has 128 valence electrons. The molecule has 0 aromatic carbocycles. The number of carbonyl (C=O) groups excluding carboxylic acids is 2. The number of hydrogen-bond donors (Lipinski definition) is 1. The van der Waals surface area contributed by atoms with E-state index in [0.29, 0.717) is 4.88 Å². The van der Waals surface area contributed by atoms with E-state index in [-0.39, 0.29) is 12.5 Å². The van der Waals surface area contributed by atoms with Crippen molar-refractivity contribution in [2.24, 2.45) is 5.92 Å². The van der Waals surface area contributed by atoms with Gasteiger partial charge in [-0.15, -0.1) is 11.3 Å². The number of aryl methyl sites for hydroxylation is 2. The molecule has 1 saturated carbocycles. The molecule has 1 heterocycles. The summed E-state index contributed by atoms with van der Waals surface area (Å²) in [6, 6.07) is 4.07. The van der Waals surface area contributed by atoms with Gasteiger partial charge < -0.3 is 10.1 Å². The van der Waals surface area contributed by atoms with E-state index in [2.05, 4.69) is 11.4 Å². The van der Waals surface area contributed by atoms with Gasteiger partial charge in [-0.25, -0.2) is 4.79 Å². The van der Waals surface area contributed by atoms with E-state index in [0.717, 1.165) is 38.5 Å². The highest BCUT2D eigenvalue weighted by atomic mass is 32.1. The van der Waals surface area contributed by atoms with Gasteiger partial charge in [-0.05, 0) is 63.0 Å². The molecule has 0 aliphatic heterocycles. The van der Waals surface area contributed by atoms with Crippen molar-refractivity contribution in [2.45, 2.75) is 57.4 Å². The largest absolute Gasteiger partial charge is 0.451 e. The highest BCUT2D eigenvalue weighted by molar-refractivity contribution is 7.14. The van der Waals surface area contributed by atoms with Crippen LogP contribution in [0.25, 0.3) is 0 Å². The second-order valence-corrected chi connectivity index (χ2v) is 7.97. The van der Waals surface area contributed by atoms with Crippen LogP contribution in [0.2, 0.25) is 0 Å². The number of thiophene rings is 1. The third kappa shape index (κ3) is 3.78. The van der Waals surface area contributed by atoms with Crippen molar-refractivity contribution >= 4 is 23.2 Å². The van der Waals surface area contributed by atoms with Crippen molar-refractivity contribution in [3.05, 3.63) is 21.4 Å². The fourth-order valence-corrected chi connectivity index (χ4v) is 4.33. The molecule has 0 radical (unpaired) electrons. The fraction of sp³-hybridized carbons (Fsp3) is 0.611. The summed E-state index contributed by atoms with van der Waals surface area (Å²) in [6.07, 6.45) is 7.50. The molecule has 3 rings (SSSR count). The van der Waals surface area contributed by atoms with Crippen molar-refractivity contribution in [1.82, 2.24) is 5.32 Å². The van der Waals surface area contributed by atoms with Crippen LogP contribution in [-0.2, 0) is 22.4 Å². The van der Waals surface area contributed by atoms with Crippen LogP contribution in [0.1, 0.15) is 59.1 Å². The molecule has 0 bridgehead atoms. The van der Waals surface area contributed by atoms with Crippen molar-refractivity contribution < 1.29 is 14.3 Å². The van der Waals surface area contributed by atoms with Gasteiger partial charge in [-0.2, -0.15) is 5.26 Å². The number of nitriles is 1. The molecule has 24 heavy (non-hydrogen) atoms. The predicted molar refractivity (Wildman–Crippen MR) is 90.7 cm³/mol. The van der Waals surface area contributed by atoms with Gasteiger partial charge >= 0.3 is 5.97 Å². The Hall–Kier alpha value is -1.87. The van der Waals surface area contributed by atoms with Gasteiger partial charge in [0, 0.05) is 4.88 Å². The number of nitrogens with one attached hydrogen (secondary N) is 1. The van der Waals surface area contributed by atoms with Gasteiger partial charge in [0.05, 0.1) is 6.07 Å². The summed E-state index contributed by atoms with van der Waals surface area (Å²) in [7, 11) is 0. The predicted octanol–water partition coefficient (Wildman–Crippen LogP) is 2.98. The molecule has 0 spiro atoms. The summed E-state index contributed by atoms with van der Waals surface area (Å²) < 4.78 is 5.14. The normalized spacial score (nSPS) is 19.3. The van der Waals surface area contributed by atoms with Crippen LogP contribution in [0.15, 0.2) is 6.07 Å². The Morgan fingerprint density at radius 1 is 1.38 bits per heavy atom. The van der Waals surface area contributed by atoms with Crippen LogP contribution in [0.5, 0.6) is 0 Å². The minimum Gasteiger partial charge on any atom is -0.451 e. The van der Waals surface area contributed by atoms with Crippen molar-refractivity contribution in [3.63, 3.8) is 0 Å². The zero-order valence-corrected chi connectivity index (χ0v) is 14.7. The fourth-order valence-electron chi connectivity index (χ4n) is 3.18. The lowest BCUT2D eigenvalue weighted by Crippen LogP contribution is -2.48. The van der Waals surface area contributed by atoms with Gasteiger partial charge in [-0.3, -0.25) is 4.79 Å². The number of amides is 1. The average Bonchev–Trinajstić information content (AvgIpc) is 3.38. The van der Waals surface area contributed by atoms with E-state index in [1.54, 1.807) is 6.92 Å². The van der Waals surface area contributed by atoms with E-state index in [1.165, 1.54) is 28.2 Å². The van der Waals surface area contributed by atoms with Crippen LogP contribution in [0.3, 0.4) is 0 Å². The summed E-state index contributed by atoms with van der Waals surface area (Å²) in [5.41, 5.74) is 0.392. The molecule has 1 atom stereocenters. The molecular formula is C18H22N2O3S. The smallest absolute Gasteiger partial charge is 0.348 e. The molecule has 1 fully saturated rings. The number of fused-ring (bicyclic) bond motifs is 1. The number of hydrogen-bond acceptors (Lipinski definition) is 5. The Balaban J connectivity index is 1.54. The summed E-state index contributed by atoms with van der Waals surface area (Å²) in [5, 5.41) is 11.9. The first-order valence-electron chi connectivity index (χ1n) is 8.53. The first-order valence-corrected chi connectivity index (χ1v) is 9.34. The Morgan fingerprint density at radius 3 is 2.83 bits per heavy atom. The van der Waals surface area contributed by atoms with Crippen LogP contribution in [0.4, 0.5) is 0 Å². The van der Waals surface area contributed by atoms with Crippen LogP contribution in [0, 0.1) is 17.2 Å². The number of nitrogens with zero attached hydrogens (tertiary/aromatic N) is 1. The monoisotopic (exact) mass is 346 g/mol. The molecule has 0 saturated heterocycles. The van der Waals surface area contributed by atoms with Gasteiger partial charge in [-0.1, -0.05) is 6.42 Å². The topological polar surface area (TPSA) is 79.2 Å². The third-order valence-corrected chi connectivity index (χ3v) is 6.02. The lowest BCUT2D eigenvalue weighted by atomic mass is 9.98. The highest BCUT2D eigenvalue weighted by Crippen LogP contribution is 2.39. The van der Waals surface area contributed by atoms with Crippen molar-refractivity contribution in [1.29, 1.82) is 5.26 Å². The molecule has 5 nitrogen and oxygen atoms in total. The number of carbonyl (C=O) groups is 2. The molecule has 0 unspecified atom stereocenters. The molecule has 2 aliphatic rings. The van der Waals surface area contributed by atoms with Gasteiger partial charge in [0.25, 0.3) is 5.91 Å². The van der Waals surface area contributed by atoms with E-state index >= 15 is 0 Å². The van der Waals surface area contributed by atoms with Crippen LogP contribution >= 0.6 is 11.3 Å². The zero-order valence-electron chi connectivity index (χ0n) is 13.9. The van der Waals surface area contributed by atoms with Gasteiger partial charge in [0.2, 0.25) is 0 Å².